The van der Waals surface area contributed by atoms with E-state index in [9.17, 15) is 9.59 Å². The highest BCUT2D eigenvalue weighted by Gasteiger charge is 2.30. The van der Waals surface area contributed by atoms with Gasteiger partial charge in [-0.05, 0) is 37.1 Å². The maximum Gasteiger partial charge on any atom is 0.254 e. The molecule has 3 aromatic rings. The van der Waals surface area contributed by atoms with Gasteiger partial charge in [0.15, 0.2) is 0 Å². The number of nitrogens with zero attached hydrogens (tertiary/aromatic N) is 4. The average Bonchev–Trinajstić information content (AvgIpc) is 3.36. The van der Waals surface area contributed by atoms with E-state index in [0.717, 1.165) is 11.3 Å². The number of rotatable bonds is 7. The SMILES string of the molecule is COc1cc(OC)cc(C(=O)N2CCC(C(=O)N(C)Cc3cnn(-c4ccccc4)c3)CC2)c1. The number of carbonyl (C=O) groups is 2. The molecule has 1 fully saturated rings. The number of amides is 2. The zero-order chi connectivity index (χ0) is 24.1. The second-order valence-corrected chi connectivity index (χ2v) is 8.49. The number of aromatic nitrogens is 2. The van der Waals surface area contributed by atoms with Crippen LogP contribution in [-0.4, -0.2) is 65.8 Å². The highest BCUT2D eigenvalue weighted by molar-refractivity contribution is 5.95. The minimum absolute atomic E-state index is 0.0789. The molecule has 1 aliphatic rings. The fourth-order valence-corrected chi connectivity index (χ4v) is 4.27. The van der Waals surface area contributed by atoms with Gasteiger partial charge in [-0.25, -0.2) is 4.68 Å². The standard InChI is InChI=1S/C26H30N4O4/c1-28(17-19-16-27-30(18-19)22-7-5-4-6-8-22)25(31)20-9-11-29(12-10-20)26(32)21-13-23(33-2)15-24(14-21)34-3/h4-8,13-16,18,20H,9-12,17H2,1-3H3. The molecule has 1 aliphatic heterocycles. The number of likely N-dealkylation sites (tertiary alicyclic amines) is 1. The molecule has 2 heterocycles. The molecule has 1 aromatic heterocycles. The van der Waals surface area contributed by atoms with E-state index in [-0.39, 0.29) is 17.7 Å². The van der Waals surface area contributed by atoms with Crippen LogP contribution in [0.25, 0.3) is 5.69 Å². The second-order valence-electron chi connectivity index (χ2n) is 8.49. The highest BCUT2D eigenvalue weighted by atomic mass is 16.5. The summed E-state index contributed by atoms with van der Waals surface area (Å²) in [5, 5.41) is 4.41. The van der Waals surface area contributed by atoms with Gasteiger partial charge < -0.3 is 19.3 Å². The molecule has 8 heteroatoms. The lowest BCUT2D eigenvalue weighted by molar-refractivity contribution is -0.136. The lowest BCUT2D eigenvalue weighted by Gasteiger charge is -2.33. The molecule has 0 aliphatic carbocycles. The molecule has 0 spiro atoms. The van der Waals surface area contributed by atoms with Crippen molar-refractivity contribution in [3.8, 4) is 17.2 Å². The van der Waals surface area contributed by atoms with Crippen LogP contribution in [0.2, 0.25) is 0 Å². The van der Waals surface area contributed by atoms with E-state index < -0.39 is 0 Å². The molecule has 34 heavy (non-hydrogen) atoms. The first kappa shape index (κ1) is 23.4. The molecule has 0 bridgehead atoms. The average molecular weight is 463 g/mol. The summed E-state index contributed by atoms with van der Waals surface area (Å²) in [4.78, 5) is 29.6. The second kappa shape index (κ2) is 10.4. The predicted molar refractivity (Wildman–Crippen MR) is 128 cm³/mol. The van der Waals surface area contributed by atoms with Crippen molar-refractivity contribution in [1.82, 2.24) is 19.6 Å². The Morgan fingerprint density at radius 1 is 1.03 bits per heavy atom. The van der Waals surface area contributed by atoms with E-state index >= 15 is 0 Å². The Kier molecular flexibility index (Phi) is 7.15. The number of methoxy groups -OCH3 is 2. The molecule has 0 unspecified atom stereocenters. The van der Waals surface area contributed by atoms with Crippen molar-refractivity contribution >= 4 is 11.8 Å². The molecule has 2 amide bonds. The van der Waals surface area contributed by atoms with Gasteiger partial charge in [-0.2, -0.15) is 5.10 Å². The summed E-state index contributed by atoms with van der Waals surface area (Å²) in [6.07, 6.45) is 5.02. The van der Waals surface area contributed by atoms with Crippen molar-refractivity contribution < 1.29 is 19.1 Å². The van der Waals surface area contributed by atoms with E-state index in [0.29, 0.717) is 49.5 Å². The highest BCUT2D eigenvalue weighted by Crippen LogP contribution is 2.26. The number of ether oxygens (including phenoxy) is 2. The Morgan fingerprint density at radius 2 is 1.68 bits per heavy atom. The van der Waals surface area contributed by atoms with Crippen LogP contribution in [-0.2, 0) is 11.3 Å². The van der Waals surface area contributed by atoms with Crippen LogP contribution in [0.1, 0.15) is 28.8 Å². The van der Waals surface area contributed by atoms with Gasteiger partial charge in [-0.3, -0.25) is 9.59 Å². The summed E-state index contributed by atoms with van der Waals surface area (Å²) in [5.74, 6) is 1.07. The fourth-order valence-electron chi connectivity index (χ4n) is 4.27. The topological polar surface area (TPSA) is 76.9 Å². The minimum atomic E-state index is -0.0990. The molecule has 0 saturated carbocycles. The van der Waals surface area contributed by atoms with E-state index in [1.807, 2.05) is 48.3 Å². The van der Waals surface area contributed by atoms with E-state index in [1.54, 1.807) is 48.4 Å². The van der Waals surface area contributed by atoms with Crippen molar-refractivity contribution in [2.24, 2.45) is 5.92 Å². The van der Waals surface area contributed by atoms with Crippen LogP contribution >= 0.6 is 0 Å². The Labute approximate surface area is 199 Å². The van der Waals surface area contributed by atoms with Gasteiger partial charge in [0.2, 0.25) is 5.91 Å². The van der Waals surface area contributed by atoms with Crippen LogP contribution in [0.5, 0.6) is 11.5 Å². The summed E-state index contributed by atoms with van der Waals surface area (Å²) in [5.41, 5.74) is 2.47. The first-order chi connectivity index (χ1) is 16.5. The van der Waals surface area contributed by atoms with Crippen molar-refractivity contribution in [3.05, 3.63) is 72.1 Å². The maximum atomic E-state index is 13.1. The van der Waals surface area contributed by atoms with Gasteiger partial charge in [0.1, 0.15) is 11.5 Å². The summed E-state index contributed by atoms with van der Waals surface area (Å²) in [7, 11) is 4.94. The van der Waals surface area contributed by atoms with Crippen LogP contribution < -0.4 is 9.47 Å². The Balaban J connectivity index is 1.33. The normalized spacial score (nSPS) is 14.0. The zero-order valence-electron chi connectivity index (χ0n) is 19.8. The van der Waals surface area contributed by atoms with Crippen LogP contribution in [0.4, 0.5) is 0 Å². The fraction of sp³-hybridized carbons (Fsp3) is 0.346. The maximum absolute atomic E-state index is 13.1. The molecule has 4 rings (SSSR count). The number of para-hydroxylation sites is 1. The first-order valence-corrected chi connectivity index (χ1v) is 11.3. The number of hydrogen-bond donors (Lipinski definition) is 0. The molecule has 0 radical (unpaired) electrons. The molecule has 0 N–H and O–H groups in total. The zero-order valence-corrected chi connectivity index (χ0v) is 19.8. The Morgan fingerprint density at radius 3 is 2.29 bits per heavy atom. The molecule has 178 valence electrons. The number of piperidine rings is 1. The number of benzene rings is 2. The molecular formula is C26H30N4O4. The van der Waals surface area contributed by atoms with Crippen LogP contribution in [0.15, 0.2) is 60.9 Å². The Hall–Kier alpha value is -3.81. The molecule has 1 saturated heterocycles. The number of carbonyl (C=O) groups excluding carboxylic acids is 2. The van der Waals surface area contributed by atoms with Crippen LogP contribution in [0.3, 0.4) is 0 Å². The largest absolute Gasteiger partial charge is 0.497 e. The van der Waals surface area contributed by atoms with Gasteiger partial charge in [0, 0.05) is 56.0 Å². The van der Waals surface area contributed by atoms with Crippen molar-refractivity contribution in [1.29, 1.82) is 0 Å². The first-order valence-electron chi connectivity index (χ1n) is 11.3. The smallest absolute Gasteiger partial charge is 0.254 e. The molecular weight excluding hydrogens is 432 g/mol. The van der Waals surface area contributed by atoms with Gasteiger partial charge in [-0.15, -0.1) is 0 Å². The quantitative estimate of drug-likeness (QED) is 0.538. The minimum Gasteiger partial charge on any atom is -0.497 e. The van der Waals surface area contributed by atoms with Gasteiger partial charge >= 0.3 is 0 Å². The monoisotopic (exact) mass is 462 g/mol. The van der Waals surface area contributed by atoms with E-state index in [1.165, 1.54) is 0 Å². The third-order valence-electron chi connectivity index (χ3n) is 6.18. The third kappa shape index (κ3) is 5.22. The third-order valence-corrected chi connectivity index (χ3v) is 6.18. The van der Waals surface area contributed by atoms with Gasteiger partial charge in [0.25, 0.3) is 5.91 Å². The number of hydrogen-bond acceptors (Lipinski definition) is 5. The molecule has 2 aromatic carbocycles. The molecule has 8 nitrogen and oxygen atoms in total. The van der Waals surface area contributed by atoms with E-state index in [2.05, 4.69) is 5.10 Å². The lowest BCUT2D eigenvalue weighted by atomic mass is 9.94. The summed E-state index contributed by atoms with van der Waals surface area (Å²) >= 11 is 0. The summed E-state index contributed by atoms with van der Waals surface area (Å²) in [6, 6.07) is 15.0. The predicted octanol–water partition coefficient (Wildman–Crippen LogP) is 3.40. The van der Waals surface area contributed by atoms with Gasteiger partial charge in [0.05, 0.1) is 26.1 Å². The summed E-state index contributed by atoms with van der Waals surface area (Å²) < 4.78 is 12.4. The van der Waals surface area contributed by atoms with E-state index in [4.69, 9.17) is 9.47 Å². The van der Waals surface area contributed by atoms with Crippen LogP contribution in [0, 0.1) is 5.92 Å². The summed E-state index contributed by atoms with van der Waals surface area (Å²) in [6.45, 7) is 1.57. The van der Waals surface area contributed by atoms with Crippen molar-refractivity contribution in [2.75, 3.05) is 34.4 Å². The van der Waals surface area contributed by atoms with Gasteiger partial charge in [-0.1, -0.05) is 18.2 Å². The molecule has 0 atom stereocenters. The van der Waals surface area contributed by atoms with Crippen molar-refractivity contribution in [2.45, 2.75) is 19.4 Å². The lowest BCUT2D eigenvalue weighted by Crippen LogP contribution is -2.43. The van der Waals surface area contributed by atoms with Crippen molar-refractivity contribution in [3.63, 3.8) is 0 Å². The Bertz CT molecular complexity index is 1110.